The van der Waals surface area contributed by atoms with Crippen LogP contribution in [-0.2, 0) is 16.1 Å². The predicted octanol–water partition coefficient (Wildman–Crippen LogP) is 3.70. The maximum atomic E-state index is 11.7. The zero-order valence-electron chi connectivity index (χ0n) is 17.5. The van der Waals surface area contributed by atoms with Crippen LogP contribution in [0.15, 0.2) is 0 Å². The van der Waals surface area contributed by atoms with Crippen molar-refractivity contribution >= 4 is 28.7 Å². The third-order valence-electron chi connectivity index (χ3n) is 4.04. The Morgan fingerprint density at radius 2 is 1.96 bits per heavy atom. The first-order valence-corrected chi connectivity index (χ1v) is 9.82. The Balaban J connectivity index is 2.07. The third kappa shape index (κ3) is 5.72. The van der Waals surface area contributed by atoms with Gasteiger partial charge in [-0.3, -0.25) is 0 Å². The van der Waals surface area contributed by atoms with Crippen LogP contribution in [0.3, 0.4) is 0 Å². The van der Waals surface area contributed by atoms with Gasteiger partial charge in [-0.1, -0.05) is 11.6 Å². The number of carbonyl (C=O) groups excluding carboxylic acids is 1. The second-order valence-electron chi connectivity index (χ2n) is 7.58. The van der Waals surface area contributed by atoms with Crippen LogP contribution in [0.2, 0.25) is 5.15 Å². The topological polar surface area (TPSA) is 90.3 Å². The average molecular weight is 412 g/mol. The minimum Gasteiger partial charge on any atom is -0.449 e. The number of aromatic nitrogens is 3. The van der Waals surface area contributed by atoms with E-state index in [2.05, 4.69) is 20.7 Å². The Hall–Kier alpha value is -2.06. The van der Waals surface area contributed by atoms with E-state index in [1.54, 1.807) is 0 Å². The number of amides is 1. The number of pyridine rings is 1. The highest BCUT2D eigenvalue weighted by Gasteiger charge is 2.18. The van der Waals surface area contributed by atoms with Gasteiger partial charge >= 0.3 is 6.09 Å². The lowest BCUT2D eigenvalue weighted by Crippen LogP contribution is -2.41. The standard InChI is InChI=1S/C19H30ClN5O3/c1-7-27-11-14-23-15-16(12(2)13(3)22-17(15)20)25(14)21-9-8-10-28-18(26)24-19(4,5)6/h21H,7-11H2,1-6H3,(H,24,26). The van der Waals surface area contributed by atoms with Gasteiger partial charge in [0.25, 0.3) is 0 Å². The number of hydrogen-bond donors (Lipinski definition) is 2. The number of aryl methyl sites for hydroxylation is 2. The monoisotopic (exact) mass is 411 g/mol. The van der Waals surface area contributed by atoms with Gasteiger partial charge in [0.15, 0.2) is 11.0 Å². The summed E-state index contributed by atoms with van der Waals surface area (Å²) >= 11 is 6.30. The summed E-state index contributed by atoms with van der Waals surface area (Å²) in [5.41, 5.74) is 6.41. The van der Waals surface area contributed by atoms with Crippen LogP contribution in [0.1, 0.15) is 51.2 Å². The number of halogens is 1. The molecule has 8 nitrogen and oxygen atoms in total. The highest BCUT2D eigenvalue weighted by Crippen LogP contribution is 2.27. The number of hydrogen-bond acceptors (Lipinski definition) is 6. The number of rotatable bonds is 8. The fourth-order valence-corrected chi connectivity index (χ4v) is 2.90. The Kier molecular flexibility index (Phi) is 7.48. The molecule has 0 spiro atoms. The molecule has 2 aromatic rings. The van der Waals surface area contributed by atoms with Crippen LogP contribution in [0.5, 0.6) is 0 Å². The first-order valence-electron chi connectivity index (χ1n) is 9.44. The van der Waals surface area contributed by atoms with Crippen molar-refractivity contribution in [2.24, 2.45) is 0 Å². The van der Waals surface area contributed by atoms with Crippen molar-refractivity contribution in [1.82, 2.24) is 20.0 Å². The highest BCUT2D eigenvalue weighted by molar-refractivity contribution is 6.33. The Morgan fingerprint density at radius 3 is 2.61 bits per heavy atom. The molecule has 0 aromatic carbocycles. The van der Waals surface area contributed by atoms with Gasteiger partial charge in [0.1, 0.15) is 12.1 Å². The van der Waals surface area contributed by atoms with Crippen molar-refractivity contribution in [2.45, 2.75) is 60.1 Å². The summed E-state index contributed by atoms with van der Waals surface area (Å²) in [6.45, 7) is 13.4. The molecule has 0 bridgehead atoms. The van der Waals surface area contributed by atoms with E-state index in [9.17, 15) is 4.79 Å². The maximum absolute atomic E-state index is 11.7. The Bertz CT molecular complexity index is 829. The number of imidazole rings is 1. The SMILES string of the molecule is CCOCc1nc2c(Cl)nc(C)c(C)c2n1NCCCOC(=O)NC(C)(C)C. The van der Waals surface area contributed by atoms with Crippen LogP contribution < -0.4 is 10.7 Å². The molecule has 0 fully saturated rings. The minimum absolute atomic E-state index is 0.308. The molecule has 2 aromatic heterocycles. The summed E-state index contributed by atoms with van der Waals surface area (Å²) in [7, 11) is 0. The molecule has 1 amide bonds. The zero-order chi connectivity index (χ0) is 20.9. The van der Waals surface area contributed by atoms with E-state index in [1.165, 1.54) is 0 Å². The summed E-state index contributed by atoms with van der Waals surface area (Å²) in [5, 5.41) is 3.14. The average Bonchev–Trinajstić information content (AvgIpc) is 2.95. The fraction of sp³-hybridized carbons (Fsp3) is 0.632. The lowest BCUT2D eigenvalue weighted by Gasteiger charge is -2.20. The molecule has 28 heavy (non-hydrogen) atoms. The molecule has 156 valence electrons. The second kappa shape index (κ2) is 9.43. The van der Waals surface area contributed by atoms with Crippen LogP contribution in [0.4, 0.5) is 4.79 Å². The van der Waals surface area contributed by atoms with Crippen LogP contribution in [0, 0.1) is 13.8 Å². The number of nitrogens with zero attached hydrogens (tertiary/aromatic N) is 3. The first kappa shape index (κ1) is 22.2. The molecule has 0 aliphatic rings. The summed E-state index contributed by atoms with van der Waals surface area (Å²) in [6, 6.07) is 0. The van der Waals surface area contributed by atoms with E-state index in [0.29, 0.717) is 43.5 Å². The quantitative estimate of drug-likeness (QED) is 0.508. The molecule has 0 atom stereocenters. The van der Waals surface area contributed by atoms with E-state index in [0.717, 1.165) is 22.6 Å². The molecule has 0 unspecified atom stereocenters. The van der Waals surface area contributed by atoms with Gasteiger partial charge in [-0.2, -0.15) is 0 Å². The fourth-order valence-electron chi connectivity index (χ4n) is 2.64. The molecule has 0 saturated carbocycles. The summed E-state index contributed by atoms with van der Waals surface area (Å²) in [6.07, 6.45) is 0.226. The largest absolute Gasteiger partial charge is 0.449 e. The molecular weight excluding hydrogens is 382 g/mol. The summed E-state index contributed by atoms with van der Waals surface area (Å²) in [5.74, 6) is 0.723. The van der Waals surface area contributed by atoms with Crippen LogP contribution >= 0.6 is 11.6 Å². The predicted molar refractivity (Wildman–Crippen MR) is 110 cm³/mol. The van der Waals surface area contributed by atoms with Gasteiger partial charge in [0.05, 0.1) is 12.1 Å². The molecule has 2 N–H and O–H groups in total. The van der Waals surface area contributed by atoms with Gasteiger partial charge < -0.3 is 20.2 Å². The van der Waals surface area contributed by atoms with Crippen molar-refractivity contribution in [1.29, 1.82) is 0 Å². The molecule has 9 heteroatoms. The van der Waals surface area contributed by atoms with E-state index in [4.69, 9.17) is 21.1 Å². The van der Waals surface area contributed by atoms with Crippen LogP contribution in [0.25, 0.3) is 11.0 Å². The van der Waals surface area contributed by atoms with E-state index >= 15 is 0 Å². The number of carbonyl (C=O) groups is 1. The van der Waals surface area contributed by atoms with Gasteiger partial charge in [0, 0.05) is 30.8 Å². The van der Waals surface area contributed by atoms with Gasteiger partial charge in [-0.15, -0.1) is 0 Å². The number of ether oxygens (including phenoxy) is 2. The Labute approximate surface area is 170 Å². The zero-order valence-corrected chi connectivity index (χ0v) is 18.2. The van der Waals surface area contributed by atoms with Crippen LogP contribution in [-0.4, -0.2) is 46.0 Å². The maximum Gasteiger partial charge on any atom is 0.407 e. The molecule has 0 radical (unpaired) electrons. The molecule has 2 rings (SSSR count). The van der Waals surface area contributed by atoms with E-state index in [1.807, 2.05) is 46.2 Å². The Morgan fingerprint density at radius 1 is 1.25 bits per heavy atom. The van der Waals surface area contributed by atoms with Crippen molar-refractivity contribution < 1.29 is 14.3 Å². The summed E-state index contributed by atoms with van der Waals surface area (Å²) < 4.78 is 12.7. The van der Waals surface area contributed by atoms with Gasteiger partial charge in [0.2, 0.25) is 0 Å². The molecular formula is C19H30ClN5O3. The van der Waals surface area contributed by atoms with E-state index in [-0.39, 0.29) is 5.54 Å². The molecule has 0 aliphatic heterocycles. The van der Waals surface area contributed by atoms with Gasteiger partial charge in [-0.25, -0.2) is 19.4 Å². The molecule has 2 heterocycles. The number of nitrogens with one attached hydrogen (secondary N) is 2. The molecule has 0 saturated heterocycles. The minimum atomic E-state index is -0.415. The smallest absolute Gasteiger partial charge is 0.407 e. The number of fused-ring (bicyclic) bond motifs is 1. The highest BCUT2D eigenvalue weighted by atomic mass is 35.5. The van der Waals surface area contributed by atoms with Crippen molar-refractivity contribution in [2.75, 3.05) is 25.2 Å². The summed E-state index contributed by atoms with van der Waals surface area (Å²) in [4.78, 5) is 20.7. The normalized spacial score (nSPS) is 11.7. The van der Waals surface area contributed by atoms with Crippen molar-refractivity contribution in [3.05, 3.63) is 22.2 Å². The van der Waals surface area contributed by atoms with E-state index < -0.39 is 6.09 Å². The van der Waals surface area contributed by atoms with Gasteiger partial charge in [-0.05, 0) is 47.1 Å². The first-order chi connectivity index (χ1) is 13.1. The second-order valence-corrected chi connectivity index (χ2v) is 7.94. The lowest BCUT2D eigenvalue weighted by atomic mass is 10.1. The van der Waals surface area contributed by atoms with Crippen molar-refractivity contribution in [3.63, 3.8) is 0 Å². The molecule has 0 aliphatic carbocycles. The van der Waals surface area contributed by atoms with Crippen molar-refractivity contribution in [3.8, 4) is 0 Å². The lowest BCUT2D eigenvalue weighted by molar-refractivity contribution is 0.126. The number of alkyl carbamates (subject to hydrolysis) is 1. The third-order valence-corrected chi connectivity index (χ3v) is 4.31.